The molecule has 1 aromatic heterocycles. The summed E-state index contributed by atoms with van der Waals surface area (Å²) in [6.07, 6.45) is 0. The Bertz CT molecular complexity index is 324. The third kappa shape index (κ3) is 4.13. The summed E-state index contributed by atoms with van der Waals surface area (Å²) < 4.78 is 13.0. The van der Waals surface area contributed by atoms with Gasteiger partial charge in [0.05, 0.1) is 5.75 Å². The molecule has 0 atom stereocenters. The number of thioether (sulfide) groups is 1. The Morgan fingerprint density at radius 3 is 2.27 bits per heavy atom. The fourth-order valence-electron chi connectivity index (χ4n) is 0.885. The van der Waals surface area contributed by atoms with Crippen LogP contribution in [0.1, 0.15) is 19.7 Å². The average Bonchev–Trinajstić information content (AvgIpc) is 2.13. The molecule has 0 bridgehead atoms. The maximum Gasteiger partial charge on any atom is 0.197 e. The molecule has 6 heteroatoms. The lowest BCUT2D eigenvalue weighted by Gasteiger charge is -2.04. The van der Waals surface area contributed by atoms with Crippen molar-refractivity contribution in [1.29, 1.82) is 0 Å². The number of hydrogen-bond donors (Lipinski definition) is 0. The second kappa shape index (κ2) is 5.87. The third-order valence-electron chi connectivity index (χ3n) is 1.50. The molecule has 1 heterocycles. The van der Waals surface area contributed by atoms with Gasteiger partial charge in [-0.15, -0.1) is 0 Å². The normalized spacial score (nSPS) is 11.1. The molecule has 0 saturated carbocycles. The Balaban J connectivity index is 2.63. The van der Waals surface area contributed by atoms with Crippen LogP contribution >= 0.6 is 35.0 Å². The van der Waals surface area contributed by atoms with Crippen LogP contribution < -0.4 is 0 Å². The van der Waals surface area contributed by atoms with E-state index in [-0.39, 0.29) is 10.3 Å². The van der Waals surface area contributed by atoms with Gasteiger partial charge in [-0.25, -0.2) is 14.4 Å². The quantitative estimate of drug-likeness (QED) is 0.777. The van der Waals surface area contributed by atoms with Crippen molar-refractivity contribution in [3.05, 3.63) is 21.9 Å². The van der Waals surface area contributed by atoms with E-state index in [9.17, 15) is 4.39 Å². The predicted molar refractivity (Wildman–Crippen MR) is 63.0 cm³/mol. The van der Waals surface area contributed by atoms with Crippen molar-refractivity contribution in [2.75, 3.05) is 5.75 Å². The standard InChI is InChI=1S/C9H11Cl2FN2S/c1-5(2)3-15-4-6-13-8(10)7(12)9(11)14-6/h5H,3-4H2,1-2H3. The number of halogens is 3. The molecule has 84 valence electrons. The molecular formula is C9H11Cl2FN2S. The summed E-state index contributed by atoms with van der Waals surface area (Å²) in [5, 5.41) is -0.426. The number of hydrogen-bond acceptors (Lipinski definition) is 3. The molecule has 1 aromatic rings. The summed E-state index contributed by atoms with van der Waals surface area (Å²) in [6, 6.07) is 0. The van der Waals surface area contributed by atoms with Crippen LogP contribution in [0.5, 0.6) is 0 Å². The molecule has 0 saturated heterocycles. The Hall–Kier alpha value is -0.0600. The summed E-state index contributed by atoms with van der Waals surface area (Å²) in [5.41, 5.74) is 0. The third-order valence-corrected chi connectivity index (χ3v) is 3.36. The Labute approximate surface area is 103 Å². The minimum Gasteiger partial charge on any atom is -0.217 e. The zero-order chi connectivity index (χ0) is 11.4. The molecule has 0 fully saturated rings. The lowest BCUT2D eigenvalue weighted by Crippen LogP contribution is -1.99. The van der Waals surface area contributed by atoms with Crippen LogP contribution in [0.3, 0.4) is 0 Å². The van der Waals surface area contributed by atoms with Crippen LogP contribution in [0, 0.1) is 11.7 Å². The average molecular weight is 269 g/mol. The molecule has 0 N–H and O–H groups in total. The molecular weight excluding hydrogens is 258 g/mol. The lowest BCUT2D eigenvalue weighted by atomic mass is 10.3. The van der Waals surface area contributed by atoms with Crippen molar-refractivity contribution in [3.8, 4) is 0 Å². The van der Waals surface area contributed by atoms with E-state index in [0.717, 1.165) is 5.75 Å². The number of aromatic nitrogens is 2. The van der Waals surface area contributed by atoms with Gasteiger partial charge in [0.15, 0.2) is 16.1 Å². The van der Waals surface area contributed by atoms with E-state index in [1.165, 1.54) is 0 Å². The van der Waals surface area contributed by atoms with Gasteiger partial charge in [-0.05, 0) is 11.7 Å². The maximum absolute atomic E-state index is 13.0. The van der Waals surface area contributed by atoms with Gasteiger partial charge in [-0.3, -0.25) is 0 Å². The summed E-state index contributed by atoms with van der Waals surface area (Å²) in [6.45, 7) is 4.25. The highest BCUT2D eigenvalue weighted by Gasteiger charge is 2.10. The molecule has 0 radical (unpaired) electrons. The molecule has 1 rings (SSSR count). The van der Waals surface area contributed by atoms with Gasteiger partial charge >= 0.3 is 0 Å². The summed E-state index contributed by atoms with van der Waals surface area (Å²) in [5.74, 6) is 1.91. The van der Waals surface area contributed by atoms with Crippen molar-refractivity contribution in [3.63, 3.8) is 0 Å². The van der Waals surface area contributed by atoms with Crippen LogP contribution in [-0.4, -0.2) is 15.7 Å². The van der Waals surface area contributed by atoms with Crippen molar-refractivity contribution in [2.24, 2.45) is 5.92 Å². The van der Waals surface area contributed by atoms with Crippen molar-refractivity contribution in [2.45, 2.75) is 19.6 Å². The summed E-state index contributed by atoms with van der Waals surface area (Å²) >= 11 is 12.8. The van der Waals surface area contributed by atoms with E-state index in [0.29, 0.717) is 17.5 Å². The highest BCUT2D eigenvalue weighted by atomic mass is 35.5. The highest BCUT2D eigenvalue weighted by Crippen LogP contribution is 2.21. The van der Waals surface area contributed by atoms with Gasteiger partial charge < -0.3 is 0 Å². The van der Waals surface area contributed by atoms with Crippen LogP contribution in [0.15, 0.2) is 0 Å². The monoisotopic (exact) mass is 268 g/mol. The molecule has 0 amide bonds. The van der Waals surface area contributed by atoms with Gasteiger partial charge in [0.2, 0.25) is 0 Å². The molecule has 0 aliphatic carbocycles. The van der Waals surface area contributed by atoms with Gasteiger partial charge in [-0.2, -0.15) is 11.8 Å². The van der Waals surface area contributed by atoms with Gasteiger partial charge in [0.25, 0.3) is 0 Å². The lowest BCUT2D eigenvalue weighted by molar-refractivity contribution is 0.611. The van der Waals surface area contributed by atoms with Gasteiger partial charge in [0, 0.05) is 0 Å². The first-order valence-corrected chi connectivity index (χ1v) is 6.37. The first-order chi connectivity index (χ1) is 7.00. The van der Waals surface area contributed by atoms with Gasteiger partial charge in [-0.1, -0.05) is 37.0 Å². The first kappa shape index (κ1) is 13.0. The highest BCUT2D eigenvalue weighted by molar-refractivity contribution is 7.98. The zero-order valence-electron chi connectivity index (χ0n) is 8.43. The minimum atomic E-state index is -0.754. The maximum atomic E-state index is 13.0. The Kier molecular flexibility index (Phi) is 5.09. The molecule has 15 heavy (non-hydrogen) atoms. The molecule has 0 aromatic carbocycles. The summed E-state index contributed by atoms with van der Waals surface area (Å²) in [4.78, 5) is 7.61. The number of nitrogens with zero attached hydrogens (tertiary/aromatic N) is 2. The predicted octanol–water partition coefficient (Wildman–Crippen LogP) is 3.81. The Morgan fingerprint density at radius 1 is 1.27 bits per heavy atom. The van der Waals surface area contributed by atoms with E-state index in [2.05, 4.69) is 23.8 Å². The van der Waals surface area contributed by atoms with E-state index >= 15 is 0 Å². The molecule has 0 unspecified atom stereocenters. The van der Waals surface area contributed by atoms with Crippen molar-refractivity contribution < 1.29 is 4.39 Å². The molecule has 0 spiro atoms. The van der Waals surface area contributed by atoms with E-state index in [1.54, 1.807) is 11.8 Å². The second-order valence-corrected chi connectivity index (χ2v) is 5.19. The van der Waals surface area contributed by atoms with Crippen LogP contribution in [0.25, 0.3) is 0 Å². The summed E-state index contributed by atoms with van der Waals surface area (Å²) in [7, 11) is 0. The fourth-order valence-corrected chi connectivity index (χ4v) is 2.21. The fraction of sp³-hybridized carbons (Fsp3) is 0.556. The first-order valence-electron chi connectivity index (χ1n) is 4.46. The van der Waals surface area contributed by atoms with Crippen molar-refractivity contribution in [1.82, 2.24) is 9.97 Å². The SMILES string of the molecule is CC(C)CSCc1nc(Cl)c(F)c(Cl)n1. The van der Waals surface area contributed by atoms with Crippen LogP contribution in [-0.2, 0) is 5.75 Å². The largest absolute Gasteiger partial charge is 0.217 e. The van der Waals surface area contributed by atoms with Gasteiger partial charge in [0.1, 0.15) is 5.82 Å². The van der Waals surface area contributed by atoms with E-state index in [1.807, 2.05) is 0 Å². The zero-order valence-corrected chi connectivity index (χ0v) is 10.8. The van der Waals surface area contributed by atoms with Crippen LogP contribution in [0.2, 0.25) is 10.3 Å². The molecule has 0 aliphatic heterocycles. The van der Waals surface area contributed by atoms with E-state index in [4.69, 9.17) is 23.2 Å². The second-order valence-electron chi connectivity index (χ2n) is 3.44. The smallest absolute Gasteiger partial charge is 0.197 e. The molecule has 0 aliphatic rings. The topological polar surface area (TPSA) is 25.8 Å². The minimum absolute atomic E-state index is 0.213. The van der Waals surface area contributed by atoms with E-state index < -0.39 is 5.82 Å². The van der Waals surface area contributed by atoms with Crippen LogP contribution in [0.4, 0.5) is 4.39 Å². The number of rotatable bonds is 4. The molecule has 2 nitrogen and oxygen atoms in total. The Morgan fingerprint density at radius 2 is 1.80 bits per heavy atom. The van der Waals surface area contributed by atoms with Crippen molar-refractivity contribution >= 4 is 35.0 Å².